The lowest BCUT2D eigenvalue weighted by Gasteiger charge is -2.23. The lowest BCUT2D eigenvalue weighted by molar-refractivity contribution is 0.661. The molecule has 0 unspecified atom stereocenters. The summed E-state index contributed by atoms with van der Waals surface area (Å²) in [6.07, 6.45) is 0. The second-order valence-corrected chi connectivity index (χ2v) is 16.4. The maximum Gasteiger partial charge on any atom is 0.0159 e. The maximum atomic E-state index is 2.47. The Balaban J connectivity index is 1.02. The maximum absolute atomic E-state index is 2.47. The predicted octanol–water partition coefficient (Wildman–Crippen LogP) is 15.9. The van der Waals surface area contributed by atoms with Crippen LogP contribution in [0.1, 0.15) is 25.0 Å². The zero-order chi connectivity index (χ0) is 37.8. The van der Waals surface area contributed by atoms with Gasteiger partial charge in [-0.25, -0.2) is 0 Å². The average Bonchev–Trinajstić information content (AvgIpc) is 3.50. The molecule has 12 rings (SSSR count). The summed E-state index contributed by atoms with van der Waals surface area (Å²) < 4.78 is 0. The van der Waals surface area contributed by atoms with E-state index in [1.807, 2.05) is 0 Å². The summed E-state index contributed by atoms with van der Waals surface area (Å²) in [6.45, 7) is 4.79. The Morgan fingerprint density at radius 2 is 0.667 bits per heavy atom. The number of hydrogen-bond donors (Lipinski definition) is 0. The lowest BCUT2D eigenvalue weighted by Crippen LogP contribution is -2.15. The molecule has 266 valence electrons. The van der Waals surface area contributed by atoms with Crippen molar-refractivity contribution in [2.75, 3.05) is 0 Å². The van der Waals surface area contributed by atoms with Crippen LogP contribution in [0.15, 0.2) is 194 Å². The van der Waals surface area contributed by atoms with Gasteiger partial charge in [-0.15, -0.1) is 0 Å². The van der Waals surface area contributed by atoms with Gasteiger partial charge in [-0.05, 0) is 138 Å². The van der Waals surface area contributed by atoms with Gasteiger partial charge in [0, 0.05) is 5.41 Å². The minimum Gasteiger partial charge on any atom is -0.0616 e. The first-order chi connectivity index (χ1) is 28.0. The van der Waals surface area contributed by atoms with E-state index in [4.69, 9.17) is 0 Å². The fraction of sp³-hybridized carbons (Fsp3) is 0.0526. The van der Waals surface area contributed by atoms with Crippen LogP contribution in [0.4, 0.5) is 0 Å². The molecule has 0 aliphatic heterocycles. The van der Waals surface area contributed by atoms with Crippen LogP contribution in [-0.2, 0) is 5.41 Å². The largest absolute Gasteiger partial charge is 0.0616 e. The zero-order valence-electron chi connectivity index (χ0n) is 32.0. The van der Waals surface area contributed by atoms with Crippen molar-refractivity contribution < 1.29 is 0 Å². The first-order valence-corrected chi connectivity index (χ1v) is 20.1. The van der Waals surface area contributed by atoms with Gasteiger partial charge >= 0.3 is 0 Å². The molecule has 0 aromatic heterocycles. The van der Waals surface area contributed by atoms with Crippen molar-refractivity contribution in [3.8, 4) is 44.5 Å². The van der Waals surface area contributed by atoms with E-state index in [2.05, 4.69) is 208 Å². The quantitative estimate of drug-likeness (QED) is 0.159. The van der Waals surface area contributed by atoms with Crippen LogP contribution < -0.4 is 0 Å². The third-order valence-corrected chi connectivity index (χ3v) is 13.1. The van der Waals surface area contributed by atoms with Crippen molar-refractivity contribution in [1.29, 1.82) is 0 Å². The molecule has 0 spiro atoms. The SMILES string of the molecule is CC1(C)c2cc(-c3cccc4ccccc34)ccc2-c2ccc(-c3ccc(-c4cc5c6ccccc6c6ccccc6c5c5ccccc45)c4ccccc34)cc21. The van der Waals surface area contributed by atoms with E-state index >= 15 is 0 Å². The first kappa shape index (κ1) is 32.2. The van der Waals surface area contributed by atoms with E-state index in [1.165, 1.54) is 120 Å². The minimum absolute atomic E-state index is 0.145. The molecule has 0 radical (unpaired) electrons. The molecule has 0 N–H and O–H groups in total. The molecule has 0 bridgehead atoms. The highest BCUT2D eigenvalue weighted by Gasteiger charge is 2.36. The van der Waals surface area contributed by atoms with E-state index in [0.717, 1.165) is 0 Å². The topological polar surface area (TPSA) is 0 Å². The molecule has 1 aliphatic rings. The van der Waals surface area contributed by atoms with Gasteiger partial charge in [0.25, 0.3) is 0 Å². The van der Waals surface area contributed by atoms with Gasteiger partial charge in [-0.1, -0.05) is 190 Å². The summed E-state index contributed by atoms with van der Waals surface area (Å²) in [4.78, 5) is 0. The summed E-state index contributed by atoms with van der Waals surface area (Å²) in [7, 11) is 0. The van der Waals surface area contributed by atoms with Crippen molar-refractivity contribution in [2.24, 2.45) is 0 Å². The summed E-state index contributed by atoms with van der Waals surface area (Å²) in [6, 6.07) is 72.7. The summed E-state index contributed by atoms with van der Waals surface area (Å²) in [5.74, 6) is 0. The van der Waals surface area contributed by atoms with E-state index in [-0.39, 0.29) is 5.41 Å². The number of benzene rings is 11. The molecule has 0 fully saturated rings. The second kappa shape index (κ2) is 12.0. The Hall–Kier alpha value is -7.02. The molecule has 0 amide bonds. The molecule has 0 atom stereocenters. The second-order valence-electron chi connectivity index (χ2n) is 16.4. The Morgan fingerprint density at radius 3 is 1.30 bits per heavy atom. The Bertz CT molecular complexity index is 3480. The summed E-state index contributed by atoms with van der Waals surface area (Å²) in [5, 5.41) is 15.5. The van der Waals surface area contributed by atoms with Crippen LogP contribution in [0.3, 0.4) is 0 Å². The van der Waals surface area contributed by atoms with Gasteiger partial charge in [0.05, 0.1) is 0 Å². The average molecular weight is 723 g/mol. The molecule has 1 aliphatic carbocycles. The third-order valence-electron chi connectivity index (χ3n) is 13.1. The molecule has 0 heterocycles. The standard InChI is InChI=1S/C57H38/c1-57(2)54-32-36(39-25-13-15-35-14-3-4-16-38(35)39)26-28-48(54)49-29-27-37(33-55(49)57)40-30-31-47(42-18-6-5-17-41(40)42)52-34-53-45-21-8-7-19-43(45)44-20-9-11-23-50(44)56(53)51-24-12-10-22-46(51)52/h3-34H,1-2H3. The number of rotatable bonds is 3. The fourth-order valence-electron chi connectivity index (χ4n) is 10.3. The minimum atomic E-state index is -0.145. The Labute approximate surface area is 332 Å². The van der Waals surface area contributed by atoms with Crippen LogP contribution in [0.5, 0.6) is 0 Å². The van der Waals surface area contributed by atoms with Gasteiger partial charge in [0.2, 0.25) is 0 Å². The van der Waals surface area contributed by atoms with Gasteiger partial charge in [0.1, 0.15) is 0 Å². The normalized spacial score (nSPS) is 13.2. The van der Waals surface area contributed by atoms with Crippen LogP contribution >= 0.6 is 0 Å². The third kappa shape index (κ3) is 4.62. The summed E-state index contributed by atoms with van der Waals surface area (Å²) in [5.41, 5.74) is 12.9. The molecular formula is C57H38. The molecule has 0 saturated heterocycles. The van der Waals surface area contributed by atoms with E-state index in [1.54, 1.807) is 0 Å². The molecule has 57 heavy (non-hydrogen) atoms. The molecule has 0 saturated carbocycles. The van der Waals surface area contributed by atoms with Crippen LogP contribution in [0, 0.1) is 0 Å². The smallest absolute Gasteiger partial charge is 0.0159 e. The highest BCUT2D eigenvalue weighted by Crippen LogP contribution is 2.52. The Kier molecular flexibility index (Phi) is 6.78. The molecule has 11 aromatic rings. The monoisotopic (exact) mass is 722 g/mol. The Morgan fingerprint density at radius 1 is 0.263 bits per heavy atom. The van der Waals surface area contributed by atoms with Gasteiger partial charge in [-0.2, -0.15) is 0 Å². The zero-order valence-corrected chi connectivity index (χ0v) is 32.0. The fourth-order valence-corrected chi connectivity index (χ4v) is 10.3. The van der Waals surface area contributed by atoms with Crippen molar-refractivity contribution in [3.63, 3.8) is 0 Å². The van der Waals surface area contributed by atoms with Crippen LogP contribution in [-0.4, -0.2) is 0 Å². The van der Waals surface area contributed by atoms with Gasteiger partial charge < -0.3 is 0 Å². The van der Waals surface area contributed by atoms with Gasteiger partial charge in [0.15, 0.2) is 0 Å². The van der Waals surface area contributed by atoms with Crippen LogP contribution in [0.25, 0.3) is 109 Å². The highest BCUT2D eigenvalue weighted by atomic mass is 14.4. The van der Waals surface area contributed by atoms with Crippen LogP contribution in [0.2, 0.25) is 0 Å². The lowest BCUT2D eigenvalue weighted by atomic mass is 9.80. The van der Waals surface area contributed by atoms with E-state index in [9.17, 15) is 0 Å². The summed E-state index contributed by atoms with van der Waals surface area (Å²) >= 11 is 0. The molecule has 0 heteroatoms. The number of fused-ring (bicyclic) bond motifs is 13. The van der Waals surface area contributed by atoms with Crippen molar-refractivity contribution >= 4 is 64.6 Å². The molecule has 11 aromatic carbocycles. The van der Waals surface area contributed by atoms with Crippen molar-refractivity contribution in [2.45, 2.75) is 19.3 Å². The molecule has 0 nitrogen and oxygen atoms in total. The van der Waals surface area contributed by atoms with Crippen molar-refractivity contribution in [3.05, 3.63) is 205 Å². The molecular weight excluding hydrogens is 685 g/mol. The predicted molar refractivity (Wildman–Crippen MR) is 245 cm³/mol. The van der Waals surface area contributed by atoms with Gasteiger partial charge in [-0.3, -0.25) is 0 Å². The van der Waals surface area contributed by atoms with E-state index < -0.39 is 0 Å². The first-order valence-electron chi connectivity index (χ1n) is 20.1. The highest BCUT2D eigenvalue weighted by molar-refractivity contribution is 6.33. The van der Waals surface area contributed by atoms with Crippen molar-refractivity contribution in [1.82, 2.24) is 0 Å². The van der Waals surface area contributed by atoms with E-state index in [0.29, 0.717) is 0 Å². The number of hydrogen-bond acceptors (Lipinski definition) is 0.